The number of hydrogen-bond donors (Lipinski definition) is 1. The number of carboxylic acids is 1. The van der Waals surface area contributed by atoms with Crippen molar-refractivity contribution in [2.24, 2.45) is 5.92 Å². The van der Waals surface area contributed by atoms with Crippen LogP contribution in [0.15, 0.2) is 0 Å². The van der Waals surface area contributed by atoms with Gasteiger partial charge in [0.25, 0.3) is 0 Å². The normalized spacial score (nSPS) is 21.5. The SMILES string of the molecule is CC[C@@H](C)n1nnc2c1C[C@@H](C(=O)O)CC2. The molecule has 5 nitrogen and oxygen atoms in total. The van der Waals surface area contributed by atoms with Crippen LogP contribution in [0.5, 0.6) is 0 Å². The summed E-state index contributed by atoms with van der Waals surface area (Å²) in [5, 5.41) is 17.3. The Kier molecular flexibility index (Phi) is 2.94. The molecule has 0 aliphatic heterocycles. The summed E-state index contributed by atoms with van der Waals surface area (Å²) in [4.78, 5) is 11.0. The van der Waals surface area contributed by atoms with Gasteiger partial charge in [-0.25, -0.2) is 4.68 Å². The van der Waals surface area contributed by atoms with E-state index in [1.54, 1.807) is 0 Å². The van der Waals surface area contributed by atoms with E-state index in [0.717, 1.165) is 24.2 Å². The molecule has 1 aromatic rings. The summed E-state index contributed by atoms with van der Waals surface area (Å²) in [7, 11) is 0. The van der Waals surface area contributed by atoms with Gasteiger partial charge in [-0.3, -0.25) is 4.79 Å². The molecule has 0 fully saturated rings. The Hall–Kier alpha value is -1.39. The first-order valence-corrected chi connectivity index (χ1v) is 5.79. The molecule has 0 bridgehead atoms. The Balaban J connectivity index is 2.27. The minimum atomic E-state index is -0.706. The van der Waals surface area contributed by atoms with E-state index in [4.69, 9.17) is 5.11 Å². The number of aromatic nitrogens is 3. The molecule has 88 valence electrons. The van der Waals surface area contributed by atoms with E-state index in [-0.39, 0.29) is 5.92 Å². The van der Waals surface area contributed by atoms with E-state index in [1.807, 2.05) is 4.68 Å². The Morgan fingerprint density at radius 3 is 3.06 bits per heavy atom. The second-order valence-corrected chi connectivity index (χ2v) is 4.46. The van der Waals surface area contributed by atoms with Crippen LogP contribution >= 0.6 is 0 Å². The van der Waals surface area contributed by atoms with Gasteiger partial charge in [0.2, 0.25) is 0 Å². The van der Waals surface area contributed by atoms with Crippen LogP contribution in [-0.4, -0.2) is 26.1 Å². The molecule has 16 heavy (non-hydrogen) atoms. The summed E-state index contributed by atoms with van der Waals surface area (Å²) in [6.07, 6.45) is 2.97. The summed E-state index contributed by atoms with van der Waals surface area (Å²) in [6, 6.07) is 0.295. The lowest BCUT2D eigenvalue weighted by Gasteiger charge is -2.20. The highest BCUT2D eigenvalue weighted by Gasteiger charge is 2.29. The maximum atomic E-state index is 11.0. The standard InChI is InChI=1S/C11H17N3O2/c1-3-7(2)14-10-6-8(11(15)16)4-5-9(10)12-13-14/h7-8H,3-6H2,1-2H3,(H,15,16)/t7-,8+/m1/s1. The topological polar surface area (TPSA) is 68.0 Å². The molecule has 1 aliphatic carbocycles. The molecule has 1 aromatic heterocycles. The lowest BCUT2D eigenvalue weighted by molar-refractivity contribution is -0.142. The van der Waals surface area contributed by atoms with Gasteiger partial charge in [-0.2, -0.15) is 0 Å². The number of aliphatic carboxylic acids is 1. The molecule has 0 amide bonds. The van der Waals surface area contributed by atoms with E-state index in [1.165, 1.54) is 0 Å². The molecule has 2 rings (SSSR count). The summed E-state index contributed by atoms with van der Waals surface area (Å²) >= 11 is 0. The van der Waals surface area contributed by atoms with Crippen molar-refractivity contribution >= 4 is 5.97 Å². The third-order valence-electron chi connectivity index (χ3n) is 3.40. The fraction of sp³-hybridized carbons (Fsp3) is 0.727. The molecular weight excluding hydrogens is 206 g/mol. The molecule has 2 atom stereocenters. The Morgan fingerprint density at radius 1 is 1.69 bits per heavy atom. The zero-order chi connectivity index (χ0) is 11.7. The molecule has 0 saturated heterocycles. The van der Waals surface area contributed by atoms with Crippen LogP contribution in [0.3, 0.4) is 0 Å². The van der Waals surface area contributed by atoms with Gasteiger partial charge in [-0.15, -0.1) is 5.10 Å². The first kappa shape index (κ1) is 11.1. The zero-order valence-electron chi connectivity index (χ0n) is 9.68. The van der Waals surface area contributed by atoms with Gasteiger partial charge in [0.05, 0.1) is 23.3 Å². The molecule has 0 radical (unpaired) electrons. The average Bonchev–Trinajstić information content (AvgIpc) is 2.70. The molecule has 1 heterocycles. The molecule has 0 aromatic carbocycles. The van der Waals surface area contributed by atoms with Gasteiger partial charge in [0, 0.05) is 6.42 Å². The third-order valence-corrected chi connectivity index (χ3v) is 3.40. The van der Waals surface area contributed by atoms with E-state index in [0.29, 0.717) is 18.9 Å². The van der Waals surface area contributed by atoms with Crippen LogP contribution < -0.4 is 0 Å². The zero-order valence-corrected chi connectivity index (χ0v) is 9.68. The number of carboxylic acid groups (broad SMARTS) is 1. The number of hydrogen-bond acceptors (Lipinski definition) is 3. The van der Waals surface area contributed by atoms with Crippen LogP contribution in [0.4, 0.5) is 0 Å². The Labute approximate surface area is 94.5 Å². The van der Waals surface area contributed by atoms with Crippen molar-refractivity contribution in [2.45, 2.75) is 45.6 Å². The van der Waals surface area contributed by atoms with Crippen LogP contribution in [0.2, 0.25) is 0 Å². The number of rotatable bonds is 3. The second-order valence-electron chi connectivity index (χ2n) is 4.46. The van der Waals surface area contributed by atoms with Crippen molar-refractivity contribution in [3.63, 3.8) is 0 Å². The predicted octanol–water partition coefficient (Wildman–Crippen LogP) is 1.44. The van der Waals surface area contributed by atoms with Gasteiger partial charge < -0.3 is 5.11 Å². The van der Waals surface area contributed by atoms with E-state index >= 15 is 0 Å². The maximum Gasteiger partial charge on any atom is 0.306 e. The fourth-order valence-corrected chi connectivity index (χ4v) is 2.14. The first-order chi connectivity index (χ1) is 7.63. The van der Waals surface area contributed by atoms with Crippen LogP contribution in [0, 0.1) is 5.92 Å². The minimum Gasteiger partial charge on any atom is -0.481 e. The Bertz CT molecular complexity index is 400. The molecule has 0 unspecified atom stereocenters. The van der Waals surface area contributed by atoms with Crippen LogP contribution in [0.25, 0.3) is 0 Å². The molecule has 0 spiro atoms. The van der Waals surface area contributed by atoms with Crippen molar-refractivity contribution in [2.75, 3.05) is 0 Å². The smallest absolute Gasteiger partial charge is 0.306 e. The van der Waals surface area contributed by atoms with Crippen molar-refractivity contribution in [3.8, 4) is 0 Å². The van der Waals surface area contributed by atoms with E-state index in [2.05, 4.69) is 24.2 Å². The third kappa shape index (κ3) is 1.81. The summed E-state index contributed by atoms with van der Waals surface area (Å²) < 4.78 is 1.89. The molecular formula is C11H17N3O2. The molecule has 0 saturated carbocycles. The van der Waals surface area contributed by atoms with Crippen molar-refractivity contribution in [3.05, 3.63) is 11.4 Å². The quantitative estimate of drug-likeness (QED) is 0.841. The van der Waals surface area contributed by atoms with Crippen LogP contribution in [-0.2, 0) is 17.6 Å². The lowest BCUT2D eigenvalue weighted by Crippen LogP contribution is -2.24. The van der Waals surface area contributed by atoms with Gasteiger partial charge in [0.1, 0.15) is 0 Å². The van der Waals surface area contributed by atoms with Crippen LogP contribution in [0.1, 0.15) is 44.1 Å². The highest BCUT2D eigenvalue weighted by atomic mass is 16.4. The van der Waals surface area contributed by atoms with Crippen molar-refractivity contribution in [1.29, 1.82) is 0 Å². The Morgan fingerprint density at radius 2 is 2.44 bits per heavy atom. The molecule has 1 aliphatic rings. The monoisotopic (exact) mass is 223 g/mol. The molecule has 1 N–H and O–H groups in total. The highest BCUT2D eigenvalue weighted by molar-refractivity contribution is 5.70. The number of carbonyl (C=O) groups is 1. The van der Waals surface area contributed by atoms with Gasteiger partial charge in [-0.1, -0.05) is 12.1 Å². The van der Waals surface area contributed by atoms with Gasteiger partial charge in [0.15, 0.2) is 0 Å². The summed E-state index contributed by atoms with van der Waals surface area (Å²) in [6.45, 7) is 4.18. The fourth-order valence-electron chi connectivity index (χ4n) is 2.14. The first-order valence-electron chi connectivity index (χ1n) is 5.79. The number of fused-ring (bicyclic) bond motifs is 1. The minimum absolute atomic E-state index is 0.270. The molecule has 5 heteroatoms. The largest absolute Gasteiger partial charge is 0.481 e. The summed E-state index contributed by atoms with van der Waals surface area (Å²) in [5.41, 5.74) is 2.01. The average molecular weight is 223 g/mol. The predicted molar refractivity (Wildman–Crippen MR) is 58.2 cm³/mol. The lowest BCUT2D eigenvalue weighted by atomic mass is 9.89. The summed E-state index contributed by atoms with van der Waals surface area (Å²) in [5.74, 6) is -0.976. The maximum absolute atomic E-state index is 11.0. The van der Waals surface area contributed by atoms with E-state index < -0.39 is 5.97 Å². The highest BCUT2D eigenvalue weighted by Crippen LogP contribution is 2.26. The second kappa shape index (κ2) is 4.23. The number of aryl methyl sites for hydroxylation is 1. The van der Waals surface area contributed by atoms with E-state index in [9.17, 15) is 4.79 Å². The van der Waals surface area contributed by atoms with Gasteiger partial charge in [-0.05, 0) is 26.2 Å². The van der Waals surface area contributed by atoms with Gasteiger partial charge >= 0.3 is 5.97 Å². The van der Waals surface area contributed by atoms with Crippen molar-refractivity contribution in [1.82, 2.24) is 15.0 Å². The van der Waals surface area contributed by atoms with Crippen molar-refractivity contribution < 1.29 is 9.90 Å². The number of nitrogens with zero attached hydrogens (tertiary/aromatic N) is 3.